The summed E-state index contributed by atoms with van der Waals surface area (Å²) in [7, 11) is 0. The Balaban J connectivity index is 1.52. The average Bonchev–Trinajstić information content (AvgIpc) is 3.01. The summed E-state index contributed by atoms with van der Waals surface area (Å²) in [5.41, 5.74) is 1.25. The number of benzene rings is 1. The molecule has 8 heteroatoms. The summed E-state index contributed by atoms with van der Waals surface area (Å²) in [6.45, 7) is 1.53. The van der Waals surface area contributed by atoms with Crippen molar-refractivity contribution >= 4 is 23.0 Å². The minimum atomic E-state index is -0.866. The van der Waals surface area contributed by atoms with Crippen molar-refractivity contribution in [1.29, 1.82) is 0 Å². The van der Waals surface area contributed by atoms with Gasteiger partial charge in [0.1, 0.15) is 5.82 Å². The fraction of sp³-hybridized carbons (Fsp3) is 0.471. The normalized spacial score (nSPS) is 15.5. The molecular formula is C17H20FN3O4. The molecule has 1 saturated heterocycles. The standard InChI is InChI=1S/C17H20FN3O4/c18-12-3-4-13-14(10-12)25-20-16(13)11-5-8-21(9-6-11)17(24)19-7-1-2-15(22)23/h3-4,10-11H,1-2,5-9H2,(H,19,24)(H,22,23). The number of likely N-dealkylation sites (tertiary alicyclic amines) is 1. The molecule has 2 N–H and O–H groups in total. The van der Waals surface area contributed by atoms with E-state index in [1.165, 1.54) is 12.1 Å². The summed E-state index contributed by atoms with van der Waals surface area (Å²) in [5, 5.41) is 16.2. The molecule has 0 unspecified atom stereocenters. The van der Waals surface area contributed by atoms with E-state index in [-0.39, 0.29) is 24.2 Å². The number of rotatable bonds is 5. The number of amides is 2. The van der Waals surface area contributed by atoms with Gasteiger partial charge in [-0.15, -0.1) is 0 Å². The number of aliphatic carboxylic acids is 1. The van der Waals surface area contributed by atoms with Gasteiger partial charge in [0.2, 0.25) is 0 Å². The number of carboxylic acid groups (broad SMARTS) is 1. The zero-order chi connectivity index (χ0) is 17.8. The number of nitrogens with one attached hydrogen (secondary N) is 1. The third kappa shape index (κ3) is 4.07. The number of fused-ring (bicyclic) bond motifs is 1. The third-order valence-corrected chi connectivity index (χ3v) is 4.47. The van der Waals surface area contributed by atoms with Gasteiger partial charge in [0.25, 0.3) is 0 Å². The summed E-state index contributed by atoms with van der Waals surface area (Å²) in [6, 6.07) is 4.22. The van der Waals surface area contributed by atoms with Crippen LogP contribution in [0.5, 0.6) is 0 Å². The molecule has 1 aliphatic heterocycles. The van der Waals surface area contributed by atoms with Gasteiger partial charge in [0.05, 0.1) is 5.69 Å². The van der Waals surface area contributed by atoms with E-state index in [1.807, 2.05) is 0 Å². The Morgan fingerprint density at radius 1 is 1.36 bits per heavy atom. The molecule has 25 heavy (non-hydrogen) atoms. The zero-order valence-corrected chi connectivity index (χ0v) is 13.7. The number of carbonyl (C=O) groups is 2. The summed E-state index contributed by atoms with van der Waals surface area (Å²) < 4.78 is 18.4. The first kappa shape index (κ1) is 17.2. The van der Waals surface area contributed by atoms with Crippen molar-refractivity contribution in [2.45, 2.75) is 31.6 Å². The molecule has 0 bridgehead atoms. The number of urea groups is 1. The highest BCUT2D eigenvalue weighted by molar-refractivity contribution is 5.80. The van der Waals surface area contributed by atoms with Crippen LogP contribution >= 0.6 is 0 Å². The lowest BCUT2D eigenvalue weighted by Gasteiger charge is -2.31. The van der Waals surface area contributed by atoms with E-state index >= 15 is 0 Å². The first-order valence-electron chi connectivity index (χ1n) is 8.34. The van der Waals surface area contributed by atoms with Crippen LogP contribution in [0.2, 0.25) is 0 Å². The summed E-state index contributed by atoms with van der Waals surface area (Å²) in [4.78, 5) is 24.2. The van der Waals surface area contributed by atoms with Gasteiger partial charge < -0.3 is 19.8 Å². The number of nitrogens with zero attached hydrogens (tertiary/aromatic N) is 2. The highest BCUT2D eigenvalue weighted by Gasteiger charge is 2.27. The SMILES string of the molecule is O=C(O)CCCNC(=O)N1CCC(c2noc3cc(F)ccc23)CC1. The number of carboxylic acids is 1. The van der Waals surface area contributed by atoms with Crippen LogP contribution in [0.1, 0.15) is 37.3 Å². The Morgan fingerprint density at radius 2 is 2.12 bits per heavy atom. The lowest BCUT2D eigenvalue weighted by molar-refractivity contribution is -0.137. The monoisotopic (exact) mass is 349 g/mol. The van der Waals surface area contributed by atoms with E-state index in [9.17, 15) is 14.0 Å². The maximum atomic E-state index is 13.2. The van der Waals surface area contributed by atoms with Crippen LogP contribution in [0, 0.1) is 5.82 Å². The molecule has 1 fully saturated rings. The second-order valence-corrected chi connectivity index (χ2v) is 6.20. The fourth-order valence-corrected chi connectivity index (χ4v) is 3.13. The number of carbonyl (C=O) groups excluding carboxylic acids is 1. The van der Waals surface area contributed by atoms with Crippen molar-refractivity contribution in [1.82, 2.24) is 15.4 Å². The quantitative estimate of drug-likeness (QED) is 0.809. The van der Waals surface area contributed by atoms with Gasteiger partial charge in [-0.3, -0.25) is 4.79 Å². The van der Waals surface area contributed by atoms with E-state index < -0.39 is 5.97 Å². The Hall–Kier alpha value is -2.64. The first-order chi connectivity index (χ1) is 12.0. The molecule has 1 aromatic carbocycles. The van der Waals surface area contributed by atoms with Crippen molar-refractivity contribution in [3.8, 4) is 0 Å². The van der Waals surface area contributed by atoms with Gasteiger partial charge in [-0.25, -0.2) is 9.18 Å². The highest BCUT2D eigenvalue weighted by Crippen LogP contribution is 2.32. The minimum absolute atomic E-state index is 0.0438. The summed E-state index contributed by atoms with van der Waals surface area (Å²) in [6.07, 6.45) is 1.96. The Labute approximate surface area is 143 Å². The summed E-state index contributed by atoms with van der Waals surface area (Å²) in [5.74, 6) is -1.05. The van der Waals surface area contributed by atoms with Gasteiger partial charge >= 0.3 is 12.0 Å². The van der Waals surface area contributed by atoms with Crippen LogP contribution in [0.15, 0.2) is 22.7 Å². The van der Waals surface area contributed by atoms with Crippen molar-refractivity contribution in [2.75, 3.05) is 19.6 Å². The lowest BCUT2D eigenvalue weighted by Crippen LogP contribution is -2.44. The van der Waals surface area contributed by atoms with E-state index in [0.717, 1.165) is 23.9 Å². The van der Waals surface area contributed by atoms with E-state index in [2.05, 4.69) is 10.5 Å². The molecule has 0 saturated carbocycles. The molecule has 2 heterocycles. The van der Waals surface area contributed by atoms with Crippen LogP contribution < -0.4 is 5.32 Å². The summed E-state index contributed by atoms with van der Waals surface area (Å²) >= 11 is 0. The van der Waals surface area contributed by atoms with E-state index in [1.54, 1.807) is 11.0 Å². The molecule has 1 aromatic heterocycles. The highest BCUT2D eigenvalue weighted by atomic mass is 19.1. The molecule has 1 aliphatic rings. The molecular weight excluding hydrogens is 329 g/mol. The molecule has 0 spiro atoms. The number of hydrogen-bond donors (Lipinski definition) is 2. The fourth-order valence-electron chi connectivity index (χ4n) is 3.13. The number of halogens is 1. The Kier molecular flexibility index (Phi) is 5.16. The maximum Gasteiger partial charge on any atom is 0.317 e. The molecule has 7 nitrogen and oxygen atoms in total. The van der Waals surface area contributed by atoms with Gasteiger partial charge in [-0.2, -0.15) is 0 Å². The molecule has 3 rings (SSSR count). The van der Waals surface area contributed by atoms with Gasteiger partial charge in [-0.05, 0) is 31.4 Å². The van der Waals surface area contributed by atoms with Crippen molar-refractivity contribution in [2.24, 2.45) is 0 Å². The number of hydrogen-bond acceptors (Lipinski definition) is 4. The van der Waals surface area contributed by atoms with Crippen molar-refractivity contribution in [3.05, 3.63) is 29.7 Å². The van der Waals surface area contributed by atoms with Crippen LogP contribution in [0.3, 0.4) is 0 Å². The van der Waals surface area contributed by atoms with E-state index in [4.69, 9.17) is 9.63 Å². The van der Waals surface area contributed by atoms with Gasteiger partial charge in [0, 0.05) is 43.4 Å². The smallest absolute Gasteiger partial charge is 0.317 e. The molecule has 0 atom stereocenters. The molecule has 134 valence electrons. The lowest BCUT2D eigenvalue weighted by atomic mass is 9.92. The van der Waals surface area contributed by atoms with Gasteiger partial charge in [-0.1, -0.05) is 5.16 Å². The second kappa shape index (κ2) is 7.50. The molecule has 0 radical (unpaired) electrons. The van der Waals surface area contributed by atoms with E-state index in [0.29, 0.717) is 31.6 Å². The van der Waals surface area contributed by atoms with Crippen molar-refractivity contribution < 1.29 is 23.6 Å². The molecule has 2 amide bonds. The number of piperidine rings is 1. The van der Waals surface area contributed by atoms with Crippen LogP contribution in [0.4, 0.5) is 9.18 Å². The minimum Gasteiger partial charge on any atom is -0.481 e. The number of aromatic nitrogens is 1. The predicted molar refractivity (Wildman–Crippen MR) is 87.8 cm³/mol. The third-order valence-electron chi connectivity index (χ3n) is 4.47. The van der Waals surface area contributed by atoms with Gasteiger partial charge in [0.15, 0.2) is 5.58 Å². The van der Waals surface area contributed by atoms with Crippen molar-refractivity contribution in [3.63, 3.8) is 0 Å². The topological polar surface area (TPSA) is 95.7 Å². The Morgan fingerprint density at radius 3 is 2.84 bits per heavy atom. The second-order valence-electron chi connectivity index (χ2n) is 6.20. The molecule has 2 aromatic rings. The Bertz CT molecular complexity index is 768. The predicted octanol–water partition coefficient (Wildman–Crippen LogP) is 2.72. The zero-order valence-electron chi connectivity index (χ0n) is 13.7. The average molecular weight is 349 g/mol. The molecule has 0 aliphatic carbocycles. The first-order valence-corrected chi connectivity index (χ1v) is 8.34. The van der Waals surface area contributed by atoms with Crippen LogP contribution in [0.25, 0.3) is 11.0 Å². The maximum absolute atomic E-state index is 13.2. The largest absolute Gasteiger partial charge is 0.481 e. The van der Waals surface area contributed by atoms with Crippen LogP contribution in [-0.2, 0) is 4.79 Å². The van der Waals surface area contributed by atoms with Crippen LogP contribution in [-0.4, -0.2) is 46.8 Å².